The van der Waals surface area contributed by atoms with Gasteiger partial charge in [0.2, 0.25) is 0 Å². The van der Waals surface area contributed by atoms with E-state index >= 15 is 0 Å². The van der Waals surface area contributed by atoms with Gasteiger partial charge in [-0.15, -0.1) is 0 Å². The molecular weight excluding hydrogens is 264 g/mol. The molecule has 6 heteroatoms. The highest BCUT2D eigenvalue weighted by molar-refractivity contribution is 5.90. The minimum atomic E-state index is -1.30. The molecule has 0 aliphatic carbocycles. The molecule has 1 N–H and O–H groups in total. The molecular formula is C14H18O6. The highest BCUT2D eigenvalue weighted by Gasteiger charge is 2.23. The quantitative estimate of drug-likeness (QED) is 0.537. The van der Waals surface area contributed by atoms with Crippen LogP contribution in [0.3, 0.4) is 0 Å². The average molecular weight is 282 g/mol. The maximum atomic E-state index is 11.4. The number of esters is 2. The normalized spacial score (nSPS) is 11.1. The van der Waals surface area contributed by atoms with Gasteiger partial charge >= 0.3 is 17.9 Å². The van der Waals surface area contributed by atoms with Crippen molar-refractivity contribution < 1.29 is 29.0 Å². The van der Waals surface area contributed by atoms with Gasteiger partial charge in [0, 0.05) is 17.6 Å². The van der Waals surface area contributed by atoms with E-state index in [1.54, 1.807) is 0 Å². The molecule has 0 spiro atoms. The van der Waals surface area contributed by atoms with Crippen LogP contribution in [0.15, 0.2) is 36.5 Å². The standard InChI is InChI=1S/C14H18O6/c1-8(2)13(17)19-7-6-11(10(5)12(15)16)20-14(18)9(3)4/h11H,1,3,5-7H2,2,4H3,(H,15,16). The number of rotatable bonds is 8. The van der Waals surface area contributed by atoms with E-state index in [0.717, 1.165) is 0 Å². The number of carbonyl (C=O) groups excluding carboxylic acids is 2. The number of carbonyl (C=O) groups is 3. The molecule has 1 unspecified atom stereocenters. The number of hydrogen-bond donors (Lipinski definition) is 1. The van der Waals surface area contributed by atoms with Crippen molar-refractivity contribution in [2.45, 2.75) is 26.4 Å². The highest BCUT2D eigenvalue weighted by Crippen LogP contribution is 2.12. The zero-order chi connectivity index (χ0) is 15.9. The minimum absolute atomic E-state index is 0.0107. The molecule has 0 amide bonds. The van der Waals surface area contributed by atoms with Gasteiger partial charge in [-0.2, -0.15) is 0 Å². The zero-order valence-electron chi connectivity index (χ0n) is 11.6. The summed E-state index contributed by atoms with van der Waals surface area (Å²) in [6, 6.07) is 0. The molecule has 0 aliphatic rings. The van der Waals surface area contributed by atoms with Gasteiger partial charge in [-0.05, 0) is 13.8 Å². The van der Waals surface area contributed by atoms with Crippen molar-refractivity contribution in [1.82, 2.24) is 0 Å². The molecule has 0 aromatic carbocycles. The first-order valence-electron chi connectivity index (χ1n) is 5.78. The third-order valence-electron chi connectivity index (χ3n) is 2.22. The lowest BCUT2D eigenvalue weighted by Crippen LogP contribution is -2.26. The molecule has 0 bridgehead atoms. The lowest BCUT2D eigenvalue weighted by molar-refractivity contribution is -0.146. The molecule has 0 rings (SSSR count). The summed E-state index contributed by atoms with van der Waals surface area (Å²) in [5.74, 6) is -2.63. The summed E-state index contributed by atoms with van der Waals surface area (Å²) in [7, 11) is 0. The van der Waals surface area contributed by atoms with Gasteiger partial charge in [0.25, 0.3) is 0 Å². The first-order valence-corrected chi connectivity index (χ1v) is 5.78. The number of carboxylic acids is 1. The van der Waals surface area contributed by atoms with Crippen LogP contribution in [0.2, 0.25) is 0 Å². The van der Waals surface area contributed by atoms with Crippen LogP contribution in [0.5, 0.6) is 0 Å². The SMILES string of the molecule is C=C(C)C(=O)OCCC(OC(=O)C(=C)C)C(=C)C(=O)O. The van der Waals surface area contributed by atoms with E-state index in [9.17, 15) is 14.4 Å². The maximum absolute atomic E-state index is 11.4. The fraction of sp³-hybridized carbons (Fsp3) is 0.357. The summed E-state index contributed by atoms with van der Waals surface area (Å²) in [6.45, 7) is 12.9. The Labute approximate surface area is 117 Å². The third kappa shape index (κ3) is 5.99. The Balaban J connectivity index is 4.63. The van der Waals surface area contributed by atoms with E-state index < -0.39 is 24.0 Å². The van der Waals surface area contributed by atoms with Gasteiger partial charge in [0.15, 0.2) is 0 Å². The van der Waals surface area contributed by atoms with Crippen LogP contribution >= 0.6 is 0 Å². The number of ether oxygens (including phenoxy) is 2. The number of hydrogen-bond acceptors (Lipinski definition) is 5. The van der Waals surface area contributed by atoms with Crippen LogP contribution in [-0.4, -0.2) is 35.7 Å². The van der Waals surface area contributed by atoms with Gasteiger partial charge in [0.1, 0.15) is 6.10 Å². The monoisotopic (exact) mass is 282 g/mol. The van der Waals surface area contributed by atoms with Crippen molar-refractivity contribution in [2.24, 2.45) is 0 Å². The lowest BCUT2D eigenvalue weighted by atomic mass is 10.1. The van der Waals surface area contributed by atoms with E-state index in [4.69, 9.17) is 14.6 Å². The summed E-state index contributed by atoms with van der Waals surface area (Å²) in [5, 5.41) is 8.87. The average Bonchev–Trinajstić information content (AvgIpc) is 2.35. The molecule has 0 fully saturated rings. The van der Waals surface area contributed by atoms with Gasteiger partial charge < -0.3 is 14.6 Å². The van der Waals surface area contributed by atoms with Crippen LogP contribution in [0.25, 0.3) is 0 Å². The van der Waals surface area contributed by atoms with E-state index in [1.165, 1.54) is 13.8 Å². The van der Waals surface area contributed by atoms with E-state index in [2.05, 4.69) is 19.7 Å². The van der Waals surface area contributed by atoms with Crippen LogP contribution < -0.4 is 0 Å². The Kier molecular flexibility index (Phi) is 6.99. The topological polar surface area (TPSA) is 89.9 Å². The zero-order valence-corrected chi connectivity index (χ0v) is 11.6. The molecule has 20 heavy (non-hydrogen) atoms. The Morgan fingerprint density at radius 3 is 1.95 bits per heavy atom. The molecule has 0 saturated heterocycles. The van der Waals surface area contributed by atoms with Crippen molar-refractivity contribution in [2.75, 3.05) is 6.61 Å². The molecule has 0 saturated carbocycles. The smallest absolute Gasteiger partial charge is 0.334 e. The van der Waals surface area contributed by atoms with Gasteiger partial charge in [0.05, 0.1) is 12.2 Å². The van der Waals surface area contributed by atoms with Crippen molar-refractivity contribution >= 4 is 17.9 Å². The highest BCUT2D eigenvalue weighted by atomic mass is 16.6. The fourth-order valence-corrected chi connectivity index (χ4v) is 1.05. The van der Waals surface area contributed by atoms with Gasteiger partial charge in [-0.3, -0.25) is 0 Å². The molecule has 110 valence electrons. The van der Waals surface area contributed by atoms with Gasteiger partial charge in [-0.1, -0.05) is 19.7 Å². The lowest BCUT2D eigenvalue weighted by Gasteiger charge is -2.18. The summed E-state index contributed by atoms with van der Waals surface area (Å²) < 4.78 is 9.76. The number of carboxylic acid groups (broad SMARTS) is 1. The van der Waals surface area contributed by atoms with Crippen LogP contribution in [0.1, 0.15) is 20.3 Å². The molecule has 0 radical (unpaired) electrons. The summed E-state index contributed by atoms with van der Waals surface area (Å²) in [4.78, 5) is 33.4. The molecule has 0 aliphatic heterocycles. The van der Waals surface area contributed by atoms with Crippen LogP contribution in [0.4, 0.5) is 0 Å². The van der Waals surface area contributed by atoms with Crippen molar-refractivity contribution in [1.29, 1.82) is 0 Å². The van der Waals surface area contributed by atoms with Gasteiger partial charge in [-0.25, -0.2) is 14.4 Å². The Bertz CT molecular complexity index is 460. The van der Waals surface area contributed by atoms with E-state index in [1.807, 2.05) is 0 Å². The molecule has 1 atom stereocenters. The Morgan fingerprint density at radius 1 is 1.05 bits per heavy atom. The predicted molar refractivity (Wildman–Crippen MR) is 71.9 cm³/mol. The first-order chi connectivity index (χ1) is 9.16. The maximum Gasteiger partial charge on any atom is 0.334 e. The second-order valence-electron chi connectivity index (χ2n) is 4.21. The van der Waals surface area contributed by atoms with Crippen LogP contribution in [-0.2, 0) is 23.9 Å². The first kappa shape index (κ1) is 17.6. The van der Waals surface area contributed by atoms with Crippen molar-refractivity contribution in [3.63, 3.8) is 0 Å². The molecule has 6 nitrogen and oxygen atoms in total. The predicted octanol–water partition coefficient (Wildman–Crippen LogP) is 1.62. The van der Waals surface area contributed by atoms with Crippen molar-refractivity contribution in [3.05, 3.63) is 36.5 Å². The van der Waals surface area contributed by atoms with E-state index in [0.29, 0.717) is 0 Å². The largest absolute Gasteiger partial charge is 0.478 e. The Hall–Kier alpha value is -2.37. The number of aliphatic carboxylic acids is 1. The molecule has 0 aromatic heterocycles. The Morgan fingerprint density at radius 2 is 1.55 bits per heavy atom. The van der Waals surface area contributed by atoms with Crippen molar-refractivity contribution in [3.8, 4) is 0 Å². The summed E-state index contributed by atoms with van der Waals surface area (Å²) >= 11 is 0. The summed E-state index contributed by atoms with van der Waals surface area (Å²) in [6.07, 6.45) is -1.10. The van der Waals surface area contributed by atoms with Crippen LogP contribution in [0, 0.1) is 0 Å². The second-order valence-corrected chi connectivity index (χ2v) is 4.21. The summed E-state index contributed by atoms with van der Waals surface area (Å²) in [5.41, 5.74) is 0.0515. The fourth-order valence-electron chi connectivity index (χ4n) is 1.05. The minimum Gasteiger partial charge on any atom is -0.478 e. The van der Waals surface area contributed by atoms with E-state index in [-0.39, 0.29) is 29.7 Å². The molecule has 0 aromatic rings. The third-order valence-corrected chi connectivity index (χ3v) is 2.22. The second kappa shape index (κ2) is 7.93. The molecule has 0 heterocycles.